The quantitative estimate of drug-likeness (QED) is 0.339. The predicted molar refractivity (Wildman–Crippen MR) is 117 cm³/mol. The maximum Gasteiger partial charge on any atom is 0.345 e. The monoisotopic (exact) mass is 408 g/mol. The molecule has 1 atom stereocenters. The minimum Gasteiger partial charge on any atom is -0.435 e. The van der Waals surface area contributed by atoms with Crippen LogP contribution in [0.1, 0.15) is 77.2 Å². The van der Waals surface area contributed by atoms with Crippen LogP contribution in [-0.4, -0.2) is 15.5 Å². The first kappa shape index (κ1) is 22.0. The van der Waals surface area contributed by atoms with E-state index in [0.717, 1.165) is 0 Å². The Morgan fingerprint density at radius 2 is 1.90 bits per heavy atom. The lowest BCUT2D eigenvalue weighted by Gasteiger charge is -2.38. The van der Waals surface area contributed by atoms with Crippen LogP contribution < -0.4 is 4.74 Å². The molecule has 1 aromatic carbocycles. The fraction of sp³-hybridized carbons (Fsp3) is 0.520. The maximum atomic E-state index is 12.4. The normalized spacial score (nSPS) is 17.0. The molecule has 160 valence electrons. The van der Waals surface area contributed by atoms with E-state index in [-0.39, 0.29) is 11.8 Å². The van der Waals surface area contributed by atoms with Crippen LogP contribution in [0.3, 0.4) is 0 Å². The van der Waals surface area contributed by atoms with Crippen molar-refractivity contribution in [2.45, 2.75) is 77.5 Å². The molecule has 0 aliphatic heterocycles. The van der Waals surface area contributed by atoms with Gasteiger partial charge in [-0.1, -0.05) is 58.1 Å². The topological polar surface area (TPSA) is 53.4 Å². The number of benzene rings is 1. The summed E-state index contributed by atoms with van der Waals surface area (Å²) in [4.78, 5) is 16.6. The van der Waals surface area contributed by atoms with Crippen LogP contribution in [0.15, 0.2) is 43.0 Å². The number of hydrogen-bond donors (Lipinski definition) is 0. The van der Waals surface area contributed by atoms with Gasteiger partial charge in [-0.25, -0.2) is 4.98 Å². The molecule has 0 spiro atoms. The second kappa shape index (κ2) is 9.38. The Labute approximate surface area is 179 Å². The van der Waals surface area contributed by atoms with E-state index in [2.05, 4.69) is 43.8 Å². The highest BCUT2D eigenvalue weighted by Gasteiger charge is 2.43. The summed E-state index contributed by atoms with van der Waals surface area (Å²) in [5.74, 6) is 1.74. The van der Waals surface area contributed by atoms with Gasteiger partial charge in [0, 0.05) is 12.4 Å². The molecule has 1 unspecified atom stereocenters. The van der Waals surface area contributed by atoms with Crippen LogP contribution in [-0.2, 0) is 15.4 Å². The third-order valence-electron chi connectivity index (χ3n) is 5.41. The number of carbonyl (C=O) groups is 1. The Morgan fingerprint density at radius 1 is 1.20 bits per heavy atom. The molecule has 0 amide bonds. The zero-order valence-electron chi connectivity index (χ0n) is 18.3. The van der Waals surface area contributed by atoms with E-state index in [1.807, 2.05) is 12.1 Å². The molecule has 1 aliphatic rings. The van der Waals surface area contributed by atoms with Crippen LogP contribution in [0.5, 0.6) is 5.75 Å². The molecule has 0 bridgehead atoms. The van der Waals surface area contributed by atoms with Gasteiger partial charge in [0.2, 0.25) is 0 Å². The summed E-state index contributed by atoms with van der Waals surface area (Å²) in [7, 11) is 0. The van der Waals surface area contributed by atoms with Gasteiger partial charge in [-0.2, -0.15) is 0 Å². The van der Waals surface area contributed by atoms with Crippen LogP contribution in [0, 0.1) is 17.8 Å². The van der Waals surface area contributed by atoms with Crippen molar-refractivity contribution in [2.75, 3.05) is 0 Å². The molecule has 1 saturated carbocycles. The Bertz CT molecular complexity index is 853. The lowest BCUT2D eigenvalue weighted by atomic mass is 9.84. The minimum atomic E-state index is -1.37. The summed E-state index contributed by atoms with van der Waals surface area (Å²) in [5, 5.41) is 0. The zero-order chi connectivity index (χ0) is 21.6. The summed E-state index contributed by atoms with van der Waals surface area (Å²) in [6.45, 7) is 6.22. The largest absolute Gasteiger partial charge is 0.435 e. The third kappa shape index (κ3) is 5.66. The van der Waals surface area contributed by atoms with E-state index in [0.29, 0.717) is 18.1 Å². The molecular formula is C25H32N2O3. The van der Waals surface area contributed by atoms with E-state index in [1.165, 1.54) is 37.7 Å². The second-order valence-corrected chi connectivity index (χ2v) is 9.28. The SMILES string of the molecule is C#CCC(=O)OC(CC(C)(C)C)(Oc1ccc(C2CCCCC2)cc1)n1ccnc1. The Morgan fingerprint density at radius 3 is 2.47 bits per heavy atom. The third-order valence-corrected chi connectivity index (χ3v) is 5.41. The smallest absolute Gasteiger partial charge is 0.345 e. The average molecular weight is 409 g/mol. The van der Waals surface area contributed by atoms with Gasteiger partial charge < -0.3 is 9.47 Å². The Balaban J connectivity index is 1.90. The molecule has 0 N–H and O–H groups in total. The van der Waals surface area contributed by atoms with Crippen molar-refractivity contribution in [1.29, 1.82) is 0 Å². The molecule has 1 heterocycles. The van der Waals surface area contributed by atoms with E-state index in [9.17, 15) is 4.79 Å². The number of rotatable bonds is 7. The van der Waals surface area contributed by atoms with Gasteiger partial charge >= 0.3 is 11.9 Å². The van der Waals surface area contributed by atoms with Crippen LogP contribution in [0.4, 0.5) is 0 Å². The van der Waals surface area contributed by atoms with E-state index < -0.39 is 11.9 Å². The number of esters is 1. The number of nitrogens with zero attached hydrogens (tertiary/aromatic N) is 2. The minimum absolute atomic E-state index is 0.120. The van der Waals surface area contributed by atoms with Crippen LogP contribution in [0.25, 0.3) is 0 Å². The lowest BCUT2D eigenvalue weighted by molar-refractivity contribution is -0.249. The van der Waals surface area contributed by atoms with E-state index >= 15 is 0 Å². The highest BCUT2D eigenvalue weighted by Crippen LogP contribution is 2.38. The molecule has 1 aliphatic carbocycles. The van der Waals surface area contributed by atoms with Crippen LogP contribution >= 0.6 is 0 Å². The van der Waals surface area contributed by atoms with Gasteiger partial charge in [-0.3, -0.25) is 9.36 Å². The summed E-state index contributed by atoms with van der Waals surface area (Å²) in [6.07, 6.45) is 17.0. The highest BCUT2D eigenvalue weighted by molar-refractivity contribution is 5.72. The van der Waals surface area contributed by atoms with Crippen molar-refractivity contribution in [3.63, 3.8) is 0 Å². The summed E-state index contributed by atoms with van der Waals surface area (Å²) < 4.78 is 14.0. The van der Waals surface area contributed by atoms with E-state index in [4.69, 9.17) is 15.9 Å². The van der Waals surface area contributed by atoms with Gasteiger partial charge in [-0.05, 0) is 41.9 Å². The first-order chi connectivity index (χ1) is 14.3. The van der Waals surface area contributed by atoms with Crippen molar-refractivity contribution in [3.05, 3.63) is 48.5 Å². The van der Waals surface area contributed by atoms with Crippen molar-refractivity contribution in [2.24, 2.45) is 5.41 Å². The molecule has 1 aromatic heterocycles. The summed E-state index contributed by atoms with van der Waals surface area (Å²) in [5.41, 5.74) is 1.15. The van der Waals surface area contributed by atoms with Crippen molar-refractivity contribution in [3.8, 4) is 18.1 Å². The Kier molecular flexibility index (Phi) is 6.87. The number of carbonyl (C=O) groups excluding carboxylic acids is 1. The number of ether oxygens (including phenoxy) is 2. The summed E-state index contributed by atoms with van der Waals surface area (Å²) in [6, 6.07) is 8.19. The molecule has 0 radical (unpaired) electrons. The molecular weight excluding hydrogens is 376 g/mol. The maximum absolute atomic E-state index is 12.4. The highest BCUT2D eigenvalue weighted by atomic mass is 16.7. The van der Waals surface area contributed by atoms with Gasteiger partial charge in [0.15, 0.2) is 0 Å². The molecule has 5 heteroatoms. The molecule has 1 fully saturated rings. The summed E-state index contributed by atoms with van der Waals surface area (Å²) >= 11 is 0. The molecule has 3 rings (SSSR count). The van der Waals surface area contributed by atoms with Crippen molar-refractivity contribution in [1.82, 2.24) is 9.55 Å². The zero-order valence-corrected chi connectivity index (χ0v) is 18.3. The number of aromatic nitrogens is 2. The molecule has 2 aromatic rings. The predicted octanol–water partition coefficient (Wildman–Crippen LogP) is 5.62. The Hall–Kier alpha value is -2.74. The fourth-order valence-electron chi connectivity index (χ4n) is 4.15. The van der Waals surface area contributed by atoms with Gasteiger partial charge in [-0.15, -0.1) is 6.42 Å². The molecule has 0 saturated heterocycles. The number of hydrogen-bond acceptors (Lipinski definition) is 4. The van der Waals surface area contributed by atoms with Crippen molar-refractivity contribution >= 4 is 5.97 Å². The first-order valence-corrected chi connectivity index (χ1v) is 10.7. The average Bonchev–Trinajstić information content (AvgIpc) is 3.24. The molecule has 5 nitrogen and oxygen atoms in total. The van der Waals surface area contributed by atoms with E-state index in [1.54, 1.807) is 23.3 Å². The van der Waals surface area contributed by atoms with Gasteiger partial charge in [0.05, 0.1) is 6.42 Å². The number of terminal acetylenes is 1. The van der Waals surface area contributed by atoms with Crippen molar-refractivity contribution < 1.29 is 14.3 Å². The second-order valence-electron chi connectivity index (χ2n) is 9.28. The number of imidazole rings is 1. The standard InChI is InChI=1S/C25H32N2O3/c1-5-9-23(28)30-25(18-24(2,3)4,27-17-16-26-19-27)29-22-14-12-21(13-15-22)20-10-7-6-8-11-20/h1,12-17,19-20H,6-11,18H2,2-4H3. The first-order valence-electron chi connectivity index (χ1n) is 10.7. The molecule has 30 heavy (non-hydrogen) atoms. The van der Waals surface area contributed by atoms with Crippen LogP contribution in [0.2, 0.25) is 0 Å². The lowest BCUT2D eigenvalue weighted by Crippen LogP contribution is -2.46. The fourth-order valence-corrected chi connectivity index (χ4v) is 4.15. The van der Waals surface area contributed by atoms with Gasteiger partial charge in [0.25, 0.3) is 0 Å². The van der Waals surface area contributed by atoms with Gasteiger partial charge in [0.1, 0.15) is 18.5 Å².